The molecule has 0 saturated heterocycles. The molecule has 0 fully saturated rings. The van der Waals surface area contributed by atoms with Crippen LogP contribution in [0.4, 0.5) is 0 Å². The molecule has 3 rings (SSSR count). The van der Waals surface area contributed by atoms with E-state index in [2.05, 4.69) is 23.7 Å². The minimum absolute atomic E-state index is 0.102. The molecule has 3 aromatic rings. The van der Waals surface area contributed by atoms with Gasteiger partial charge in [-0.15, -0.1) is 0 Å². The molecule has 2 nitrogen and oxygen atoms in total. The first-order chi connectivity index (χ1) is 14.1. The molecule has 0 aliphatic heterocycles. The first kappa shape index (κ1) is 20.0. The summed E-state index contributed by atoms with van der Waals surface area (Å²) in [7, 11) is 0. The summed E-state index contributed by atoms with van der Waals surface area (Å²) in [6.07, 6.45) is 0.763. The van der Waals surface area contributed by atoms with Crippen LogP contribution in [0.15, 0.2) is 78.9 Å². The molecule has 29 heavy (non-hydrogen) atoms. The quantitative estimate of drug-likeness (QED) is 0.345. The zero-order chi connectivity index (χ0) is 20.5. The van der Waals surface area contributed by atoms with Gasteiger partial charge in [-0.25, -0.2) is 0 Å². The SMILES string of the molecule is CCC(C)C(=O)Oc1ccc(C#Cc2ccc(C#Cc3ccccc3)cc2)cc1. The van der Waals surface area contributed by atoms with Crippen molar-refractivity contribution in [2.75, 3.05) is 0 Å². The van der Waals surface area contributed by atoms with Crippen molar-refractivity contribution >= 4 is 5.97 Å². The van der Waals surface area contributed by atoms with Crippen LogP contribution in [0, 0.1) is 29.6 Å². The highest BCUT2D eigenvalue weighted by Crippen LogP contribution is 2.14. The van der Waals surface area contributed by atoms with Crippen LogP contribution >= 0.6 is 0 Å². The summed E-state index contributed by atoms with van der Waals surface area (Å²) in [5, 5.41) is 0. The van der Waals surface area contributed by atoms with Gasteiger partial charge in [-0.3, -0.25) is 4.79 Å². The molecular weight excluding hydrogens is 356 g/mol. The molecule has 0 aromatic heterocycles. The van der Waals surface area contributed by atoms with Crippen LogP contribution in [0.2, 0.25) is 0 Å². The molecular formula is C27H22O2. The van der Waals surface area contributed by atoms with E-state index in [1.54, 1.807) is 12.1 Å². The van der Waals surface area contributed by atoms with Gasteiger partial charge < -0.3 is 4.74 Å². The maximum absolute atomic E-state index is 11.8. The van der Waals surface area contributed by atoms with Gasteiger partial charge in [0, 0.05) is 22.3 Å². The molecule has 0 heterocycles. The Hall–Kier alpha value is -3.75. The first-order valence-corrected chi connectivity index (χ1v) is 9.65. The predicted molar refractivity (Wildman–Crippen MR) is 116 cm³/mol. The predicted octanol–water partition coefficient (Wildman–Crippen LogP) is 5.44. The minimum atomic E-state index is -0.207. The average molecular weight is 378 g/mol. The van der Waals surface area contributed by atoms with E-state index in [4.69, 9.17) is 4.74 Å². The molecule has 0 aliphatic carbocycles. The van der Waals surface area contributed by atoms with Crippen molar-refractivity contribution < 1.29 is 9.53 Å². The van der Waals surface area contributed by atoms with Gasteiger partial charge in [-0.2, -0.15) is 0 Å². The zero-order valence-electron chi connectivity index (χ0n) is 16.6. The van der Waals surface area contributed by atoms with E-state index in [0.717, 1.165) is 28.7 Å². The van der Waals surface area contributed by atoms with Crippen LogP contribution in [0.25, 0.3) is 0 Å². The highest BCUT2D eigenvalue weighted by Gasteiger charge is 2.12. The van der Waals surface area contributed by atoms with Gasteiger partial charge in [0.2, 0.25) is 0 Å². The summed E-state index contributed by atoms with van der Waals surface area (Å²) >= 11 is 0. The van der Waals surface area contributed by atoms with Crippen molar-refractivity contribution in [3.8, 4) is 29.4 Å². The third-order valence-corrected chi connectivity index (χ3v) is 4.45. The third-order valence-electron chi connectivity index (χ3n) is 4.45. The summed E-state index contributed by atoms with van der Waals surface area (Å²) in [5.41, 5.74) is 3.73. The Balaban J connectivity index is 1.63. The number of esters is 1. The molecule has 0 aliphatic rings. The summed E-state index contributed by atoms with van der Waals surface area (Å²) in [5.74, 6) is 12.8. The van der Waals surface area contributed by atoms with Crippen LogP contribution in [-0.2, 0) is 4.79 Å². The Morgan fingerprint density at radius 3 is 1.59 bits per heavy atom. The lowest BCUT2D eigenvalue weighted by Gasteiger charge is -2.08. The van der Waals surface area contributed by atoms with Gasteiger partial charge in [0.1, 0.15) is 5.75 Å². The van der Waals surface area contributed by atoms with Crippen molar-refractivity contribution in [1.29, 1.82) is 0 Å². The van der Waals surface area contributed by atoms with E-state index >= 15 is 0 Å². The number of benzene rings is 3. The largest absolute Gasteiger partial charge is 0.426 e. The molecule has 1 unspecified atom stereocenters. The van der Waals surface area contributed by atoms with Crippen LogP contribution in [0.1, 0.15) is 42.5 Å². The van der Waals surface area contributed by atoms with E-state index in [0.29, 0.717) is 5.75 Å². The Morgan fingerprint density at radius 2 is 1.14 bits per heavy atom. The van der Waals surface area contributed by atoms with E-state index in [-0.39, 0.29) is 11.9 Å². The molecule has 3 aromatic carbocycles. The lowest BCUT2D eigenvalue weighted by molar-refractivity contribution is -0.138. The maximum atomic E-state index is 11.8. The van der Waals surface area contributed by atoms with Crippen LogP contribution in [-0.4, -0.2) is 5.97 Å². The lowest BCUT2D eigenvalue weighted by Crippen LogP contribution is -2.16. The maximum Gasteiger partial charge on any atom is 0.314 e. The number of hydrogen-bond acceptors (Lipinski definition) is 2. The molecule has 0 spiro atoms. The van der Waals surface area contributed by atoms with Crippen molar-refractivity contribution in [2.24, 2.45) is 5.92 Å². The van der Waals surface area contributed by atoms with Crippen LogP contribution in [0.3, 0.4) is 0 Å². The Morgan fingerprint density at radius 1 is 0.724 bits per heavy atom. The average Bonchev–Trinajstić information content (AvgIpc) is 2.78. The Kier molecular flexibility index (Phi) is 6.88. The molecule has 0 radical (unpaired) electrons. The number of rotatable bonds is 3. The normalized spacial score (nSPS) is 10.7. The highest BCUT2D eigenvalue weighted by atomic mass is 16.5. The molecule has 1 atom stereocenters. The number of carbonyl (C=O) groups is 1. The standard InChI is InChI=1S/C27H22O2/c1-3-21(2)27(28)29-26-19-17-25(18-20-26)16-15-24-13-11-23(12-14-24)10-9-22-7-5-4-6-8-22/h4-8,11-14,17-21H,3H2,1-2H3. The van der Waals surface area contributed by atoms with Crippen molar-refractivity contribution in [3.05, 3.63) is 101 Å². The summed E-state index contributed by atoms with van der Waals surface area (Å²) in [6.45, 7) is 3.83. The zero-order valence-corrected chi connectivity index (χ0v) is 16.6. The van der Waals surface area contributed by atoms with Crippen LogP contribution in [0.5, 0.6) is 5.75 Å². The van der Waals surface area contributed by atoms with Crippen LogP contribution < -0.4 is 4.74 Å². The molecule has 0 bridgehead atoms. The summed E-state index contributed by atoms with van der Waals surface area (Å²) in [6, 6.07) is 25.0. The lowest BCUT2D eigenvalue weighted by atomic mass is 10.1. The van der Waals surface area contributed by atoms with Crippen molar-refractivity contribution in [1.82, 2.24) is 0 Å². The minimum Gasteiger partial charge on any atom is -0.426 e. The van der Waals surface area contributed by atoms with Gasteiger partial charge in [-0.1, -0.05) is 55.7 Å². The van der Waals surface area contributed by atoms with Gasteiger partial charge in [0.25, 0.3) is 0 Å². The molecule has 0 amide bonds. The number of ether oxygens (including phenoxy) is 1. The second-order valence-electron chi connectivity index (χ2n) is 6.70. The fraction of sp³-hybridized carbons (Fsp3) is 0.148. The topological polar surface area (TPSA) is 26.3 Å². The van der Waals surface area contributed by atoms with Gasteiger partial charge in [0.05, 0.1) is 5.92 Å². The summed E-state index contributed by atoms with van der Waals surface area (Å²) < 4.78 is 5.35. The van der Waals surface area contributed by atoms with Crippen molar-refractivity contribution in [2.45, 2.75) is 20.3 Å². The van der Waals surface area contributed by atoms with Gasteiger partial charge in [0.15, 0.2) is 0 Å². The number of hydrogen-bond donors (Lipinski definition) is 0. The fourth-order valence-electron chi connectivity index (χ4n) is 2.44. The van der Waals surface area contributed by atoms with Crippen molar-refractivity contribution in [3.63, 3.8) is 0 Å². The highest BCUT2D eigenvalue weighted by molar-refractivity contribution is 5.74. The second kappa shape index (κ2) is 9.98. The van der Waals surface area contributed by atoms with Gasteiger partial charge >= 0.3 is 5.97 Å². The van der Waals surface area contributed by atoms with E-state index in [1.165, 1.54) is 0 Å². The molecule has 2 heteroatoms. The fourth-order valence-corrected chi connectivity index (χ4v) is 2.44. The number of carbonyl (C=O) groups excluding carboxylic acids is 1. The third kappa shape index (κ3) is 6.13. The van der Waals surface area contributed by atoms with E-state index in [9.17, 15) is 4.79 Å². The first-order valence-electron chi connectivity index (χ1n) is 9.65. The second-order valence-corrected chi connectivity index (χ2v) is 6.70. The summed E-state index contributed by atoms with van der Waals surface area (Å²) in [4.78, 5) is 11.8. The monoisotopic (exact) mass is 378 g/mol. The Labute approximate surface area is 172 Å². The molecule has 142 valence electrons. The van der Waals surface area contributed by atoms with Gasteiger partial charge in [-0.05, 0) is 67.1 Å². The van der Waals surface area contributed by atoms with E-state index in [1.807, 2.05) is 80.6 Å². The smallest absolute Gasteiger partial charge is 0.314 e. The van der Waals surface area contributed by atoms with E-state index < -0.39 is 0 Å². The Bertz CT molecular complexity index is 1070. The molecule has 0 saturated carbocycles. The molecule has 0 N–H and O–H groups in total.